The van der Waals surface area contributed by atoms with E-state index in [1.807, 2.05) is 12.1 Å². The largest absolute Gasteiger partial charge is 0.361 e. The monoisotopic (exact) mass is 422 g/mol. The van der Waals surface area contributed by atoms with Crippen LogP contribution < -0.4 is 10.6 Å². The summed E-state index contributed by atoms with van der Waals surface area (Å²) >= 11 is 6.02. The van der Waals surface area contributed by atoms with Gasteiger partial charge in [-0.25, -0.2) is 0 Å². The van der Waals surface area contributed by atoms with Crippen molar-refractivity contribution in [2.75, 3.05) is 13.6 Å². The van der Waals surface area contributed by atoms with E-state index in [-0.39, 0.29) is 0 Å². The number of benzene rings is 2. The number of hydrogen-bond acceptors (Lipinski definition) is 4. The first-order chi connectivity index (χ1) is 14.6. The predicted octanol–water partition coefficient (Wildman–Crippen LogP) is 4.09. The number of halogens is 1. The number of hydrogen-bond donors (Lipinski definition) is 3. The SMILES string of the molecule is CN=C(NCCc1c[nH]c2cc(C)ccc12)NCc1nc(-c2cccc(Cl)c2)no1. The van der Waals surface area contributed by atoms with Gasteiger partial charge in [0.05, 0.1) is 6.54 Å². The Balaban J connectivity index is 1.30. The summed E-state index contributed by atoms with van der Waals surface area (Å²) in [6, 6.07) is 13.8. The van der Waals surface area contributed by atoms with E-state index in [1.54, 1.807) is 19.2 Å². The third-order valence-electron chi connectivity index (χ3n) is 4.79. The summed E-state index contributed by atoms with van der Waals surface area (Å²) in [7, 11) is 1.73. The lowest BCUT2D eigenvalue weighted by Gasteiger charge is -2.10. The van der Waals surface area contributed by atoms with E-state index in [0.29, 0.717) is 29.2 Å². The van der Waals surface area contributed by atoms with Crippen LogP contribution in [0.15, 0.2) is 58.2 Å². The van der Waals surface area contributed by atoms with Gasteiger partial charge in [0.2, 0.25) is 11.7 Å². The molecule has 0 amide bonds. The summed E-state index contributed by atoms with van der Waals surface area (Å²) in [5.41, 5.74) is 4.50. The fourth-order valence-electron chi connectivity index (χ4n) is 3.27. The van der Waals surface area contributed by atoms with Gasteiger partial charge in [-0.2, -0.15) is 4.98 Å². The van der Waals surface area contributed by atoms with Gasteiger partial charge in [0.25, 0.3) is 0 Å². The second-order valence-corrected chi connectivity index (χ2v) is 7.42. The van der Waals surface area contributed by atoms with E-state index in [1.165, 1.54) is 22.0 Å². The van der Waals surface area contributed by atoms with Crippen LogP contribution in [0.5, 0.6) is 0 Å². The summed E-state index contributed by atoms with van der Waals surface area (Å²) in [4.78, 5) is 12.0. The molecule has 0 saturated carbocycles. The lowest BCUT2D eigenvalue weighted by Crippen LogP contribution is -2.37. The van der Waals surface area contributed by atoms with Gasteiger partial charge in [-0.05, 0) is 42.7 Å². The van der Waals surface area contributed by atoms with Crippen LogP contribution in [0, 0.1) is 6.92 Å². The molecule has 0 radical (unpaired) electrons. The zero-order chi connectivity index (χ0) is 20.9. The van der Waals surface area contributed by atoms with E-state index < -0.39 is 0 Å². The topological polar surface area (TPSA) is 91.1 Å². The summed E-state index contributed by atoms with van der Waals surface area (Å²) in [5, 5.41) is 12.4. The van der Waals surface area contributed by atoms with Gasteiger partial charge in [0, 0.05) is 41.3 Å². The molecule has 0 aliphatic rings. The molecule has 0 unspecified atom stereocenters. The molecule has 2 aromatic carbocycles. The summed E-state index contributed by atoms with van der Waals surface area (Å²) < 4.78 is 5.32. The lowest BCUT2D eigenvalue weighted by molar-refractivity contribution is 0.375. The van der Waals surface area contributed by atoms with Crippen LogP contribution in [0.2, 0.25) is 5.02 Å². The molecule has 4 aromatic rings. The van der Waals surface area contributed by atoms with Crippen LogP contribution in [0.25, 0.3) is 22.3 Å². The van der Waals surface area contributed by atoms with Gasteiger partial charge < -0.3 is 20.1 Å². The number of aromatic nitrogens is 3. The average molecular weight is 423 g/mol. The Morgan fingerprint density at radius 1 is 1.20 bits per heavy atom. The Morgan fingerprint density at radius 2 is 2.10 bits per heavy atom. The van der Waals surface area contributed by atoms with Crippen molar-refractivity contribution in [3.8, 4) is 11.4 Å². The molecule has 8 heteroatoms. The van der Waals surface area contributed by atoms with Crippen molar-refractivity contribution in [3.63, 3.8) is 0 Å². The van der Waals surface area contributed by atoms with E-state index in [2.05, 4.69) is 62.1 Å². The molecule has 0 aliphatic carbocycles. The van der Waals surface area contributed by atoms with Crippen LogP contribution in [-0.2, 0) is 13.0 Å². The van der Waals surface area contributed by atoms with Gasteiger partial charge in [0.1, 0.15) is 0 Å². The van der Waals surface area contributed by atoms with E-state index in [9.17, 15) is 0 Å². The maximum Gasteiger partial charge on any atom is 0.246 e. The number of rotatable bonds is 6. The molecular weight excluding hydrogens is 400 g/mol. The number of fused-ring (bicyclic) bond motifs is 1. The predicted molar refractivity (Wildman–Crippen MR) is 120 cm³/mol. The minimum atomic E-state index is 0.375. The lowest BCUT2D eigenvalue weighted by atomic mass is 10.1. The minimum absolute atomic E-state index is 0.375. The summed E-state index contributed by atoms with van der Waals surface area (Å²) in [5.74, 6) is 1.65. The fourth-order valence-corrected chi connectivity index (χ4v) is 3.46. The summed E-state index contributed by atoms with van der Waals surface area (Å²) in [6.45, 7) is 3.22. The zero-order valence-electron chi connectivity index (χ0n) is 16.9. The van der Waals surface area contributed by atoms with E-state index in [0.717, 1.165) is 18.5 Å². The average Bonchev–Trinajstić information content (AvgIpc) is 3.37. The molecular formula is C22H23ClN6O. The second kappa shape index (κ2) is 9.00. The first kappa shape index (κ1) is 20.0. The van der Waals surface area contributed by atoms with Crippen molar-refractivity contribution in [3.05, 3.63) is 70.7 Å². The van der Waals surface area contributed by atoms with Crippen molar-refractivity contribution in [2.45, 2.75) is 19.9 Å². The smallest absolute Gasteiger partial charge is 0.246 e. The first-order valence-electron chi connectivity index (χ1n) is 9.72. The highest BCUT2D eigenvalue weighted by molar-refractivity contribution is 6.30. The number of guanidine groups is 1. The van der Waals surface area contributed by atoms with Gasteiger partial charge >= 0.3 is 0 Å². The Morgan fingerprint density at radius 3 is 2.93 bits per heavy atom. The number of aryl methyl sites for hydroxylation is 1. The molecule has 30 heavy (non-hydrogen) atoms. The third kappa shape index (κ3) is 4.63. The molecule has 7 nitrogen and oxygen atoms in total. The first-order valence-corrected chi connectivity index (χ1v) is 10.1. The Labute approximate surface area is 179 Å². The number of nitrogens with zero attached hydrogens (tertiary/aromatic N) is 3. The quantitative estimate of drug-likeness (QED) is 0.321. The van der Waals surface area contributed by atoms with Crippen molar-refractivity contribution in [2.24, 2.45) is 4.99 Å². The van der Waals surface area contributed by atoms with Crippen molar-refractivity contribution >= 4 is 28.5 Å². The molecule has 3 N–H and O–H groups in total. The van der Waals surface area contributed by atoms with Crippen LogP contribution in [-0.4, -0.2) is 34.7 Å². The number of aromatic amines is 1. The van der Waals surface area contributed by atoms with Gasteiger partial charge in [-0.3, -0.25) is 4.99 Å². The molecule has 0 aliphatic heterocycles. The summed E-state index contributed by atoms with van der Waals surface area (Å²) in [6.07, 6.45) is 2.95. The highest BCUT2D eigenvalue weighted by Crippen LogP contribution is 2.20. The minimum Gasteiger partial charge on any atom is -0.361 e. The Hall–Kier alpha value is -3.32. The highest BCUT2D eigenvalue weighted by Gasteiger charge is 2.10. The maximum absolute atomic E-state index is 6.02. The van der Waals surface area contributed by atoms with Crippen molar-refractivity contribution in [1.29, 1.82) is 0 Å². The second-order valence-electron chi connectivity index (χ2n) is 6.99. The molecule has 0 atom stereocenters. The maximum atomic E-state index is 6.02. The molecule has 0 spiro atoms. The van der Waals surface area contributed by atoms with Crippen LogP contribution in [0.4, 0.5) is 0 Å². The Kier molecular flexibility index (Phi) is 5.99. The van der Waals surface area contributed by atoms with Gasteiger partial charge in [-0.1, -0.05) is 41.0 Å². The van der Waals surface area contributed by atoms with E-state index in [4.69, 9.17) is 16.1 Å². The van der Waals surface area contributed by atoms with Gasteiger partial charge in [-0.15, -0.1) is 0 Å². The molecule has 2 aromatic heterocycles. The standard InChI is InChI=1S/C22H23ClN6O/c1-14-6-7-18-16(12-26-19(18)10-14)8-9-25-22(24-2)27-13-20-28-21(29-30-20)15-4-3-5-17(23)11-15/h3-7,10-12,26H,8-9,13H2,1-2H3,(H2,24,25,27). The van der Waals surface area contributed by atoms with Crippen molar-refractivity contribution < 1.29 is 4.52 Å². The highest BCUT2D eigenvalue weighted by atomic mass is 35.5. The number of aliphatic imine (C=N–C) groups is 1. The molecule has 154 valence electrons. The molecule has 4 rings (SSSR count). The Bertz CT molecular complexity index is 1180. The normalized spacial score (nSPS) is 11.8. The molecule has 0 bridgehead atoms. The van der Waals surface area contributed by atoms with Crippen molar-refractivity contribution in [1.82, 2.24) is 25.8 Å². The molecule has 0 saturated heterocycles. The zero-order valence-corrected chi connectivity index (χ0v) is 17.6. The van der Waals surface area contributed by atoms with Crippen LogP contribution in [0.1, 0.15) is 17.0 Å². The fraction of sp³-hybridized carbons (Fsp3) is 0.227. The third-order valence-corrected chi connectivity index (χ3v) is 5.03. The van der Waals surface area contributed by atoms with Gasteiger partial charge in [0.15, 0.2) is 5.96 Å². The molecule has 0 fully saturated rings. The van der Waals surface area contributed by atoms with Crippen LogP contribution in [0.3, 0.4) is 0 Å². The number of H-pyrrole nitrogens is 1. The molecule has 2 heterocycles. The van der Waals surface area contributed by atoms with Crippen LogP contribution >= 0.6 is 11.6 Å². The number of nitrogens with one attached hydrogen (secondary N) is 3. The van der Waals surface area contributed by atoms with E-state index >= 15 is 0 Å².